The van der Waals surface area contributed by atoms with E-state index in [2.05, 4.69) is 35.6 Å². The van der Waals surface area contributed by atoms with Crippen LogP contribution in [0.15, 0.2) is 18.2 Å². The molecule has 3 heterocycles. The fraction of sp³-hybridized carbons (Fsp3) is 0.731. The molecule has 6 rings (SSSR count). The maximum Gasteiger partial charge on any atom is 0.125 e. The number of halogens is 1. The van der Waals surface area contributed by atoms with E-state index in [-0.39, 0.29) is 5.82 Å². The van der Waals surface area contributed by atoms with Crippen LogP contribution in [0.2, 0.25) is 0 Å². The zero-order chi connectivity index (χ0) is 21.3. The Morgan fingerprint density at radius 1 is 1.19 bits per heavy atom. The van der Waals surface area contributed by atoms with Crippen molar-refractivity contribution in [1.82, 2.24) is 19.8 Å². The lowest BCUT2D eigenvalue weighted by Gasteiger charge is -2.69. The van der Waals surface area contributed by atoms with Gasteiger partial charge in [-0.25, -0.2) is 9.37 Å². The normalized spacial score (nSPS) is 35.7. The molecule has 1 N–H and O–H groups in total. The molecule has 5 heteroatoms. The monoisotopic (exact) mass is 424 g/mol. The van der Waals surface area contributed by atoms with E-state index in [0.29, 0.717) is 17.4 Å². The third kappa shape index (κ3) is 3.10. The molecule has 4 aliphatic rings. The number of rotatable bonds is 4. The van der Waals surface area contributed by atoms with Gasteiger partial charge in [-0.2, -0.15) is 0 Å². The van der Waals surface area contributed by atoms with Crippen LogP contribution in [-0.4, -0.2) is 47.2 Å². The van der Waals surface area contributed by atoms with Crippen molar-refractivity contribution < 1.29 is 4.39 Å². The molecule has 1 aromatic heterocycles. The topological polar surface area (TPSA) is 33.1 Å². The van der Waals surface area contributed by atoms with Crippen molar-refractivity contribution in [2.45, 2.75) is 58.4 Å². The molecular formula is C26H37FN4. The molecule has 2 aromatic rings. The van der Waals surface area contributed by atoms with Gasteiger partial charge in [0, 0.05) is 44.2 Å². The van der Waals surface area contributed by atoms with Gasteiger partial charge in [-0.1, -0.05) is 20.8 Å². The van der Waals surface area contributed by atoms with Gasteiger partial charge in [-0.3, -0.25) is 0 Å². The van der Waals surface area contributed by atoms with Gasteiger partial charge in [0.1, 0.15) is 11.6 Å². The lowest BCUT2D eigenvalue weighted by molar-refractivity contribution is -0.205. The van der Waals surface area contributed by atoms with Gasteiger partial charge in [0.2, 0.25) is 0 Å². The largest absolute Gasteiger partial charge is 0.324 e. The van der Waals surface area contributed by atoms with Crippen molar-refractivity contribution in [3.05, 3.63) is 29.8 Å². The highest BCUT2D eigenvalue weighted by Crippen LogP contribution is 2.68. The molecule has 2 aliphatic heterocycles. The molecular weight excluding hydrogens is 387 g/mol. The molecule has 4 fully saturated rings. The van der Waals surface area contributed by atoms with E-state index < -0.39 is 0 Å². The van der Waals surface area contributed by atoms with Crippen molar-refractivity contribution in [1.29, 1.82) is 0 Å². The standard InChI is InChI=1S/C26H37FN4/c1-16-21-12-18(24(21)26(16,2)3)15-30-10-7-20(8-11-30)31-23-5-4-19(27)13-22(23)29-25(31)17-6-9-28-14-17/h4-5,13,16-18,20-21,24,28H,6-12,14-15H2,1-3H3/t16-,17-,18+,21?,24-/m1/s1. The fourth-order valence-corrected chi connectivity index (χ4v) is 7.72. The second-order valence-electron chi connectivity index (χ2n) is 11.5. The van der Waals surface area contributed by atoms with Crippen LogP contribution in [0.25, 0.3) is 11.0 Å². The van der Waals surface area contributed by atoms with Gasteiger partial charge in [0.25, 0.3) is 0 Å². The Kier molecular flexibility index (Phi) is 4.73. The van der Waals surface area contributed by atoms with Gasteiger partial charge in [-0.15, -0.1) is 0 Å². The fourth-order valence-electron chi connectivity index (χ4n) is 7.72. The maximum absolute atomic E-state index is 13.9. The van der Waals surface area contributed by atoms with E-state index in [1.165, 1.54) is 44.7 Å². The molecule has 0 spiro atoms. The molecule has 0 bridgehead atoms. The zero-order valence-corrected chi connectivity index (χ0v) is 19.3. The summed E-state index contributed by atoms with van der Waals surface area (Å²) in [6.07, 6.45) is 4.93. The number of piperidine rings is 1. The molecule has 2 saturated heterocycles. The minimum absolute atomic E-state index is 0.185. The van der Waals surface area contributed by atoms with Crippen LogP contribution in [0, 0.1) is 34.9 Å². The Morgan fingerprint density at radius 3 is 2.71 bits per heavy atom. The average molecular weight is 425 g/mol. The van der Waals surface area contributed by atoms with Gasteiger partial charge in [-0.05, 0) is 73.4 Å². The van der Waals surface area contributed by atoms with Crippen LogP contribution in [0.4, 0.5) is 4.39 Å². The van der Waals surface area contributed by atoms with Crippen LogP contribution in [0.5, 0.6) is 0 Å². The Bertz CT molecular complexity index is 967. The molecule has 2 saturated carbocycles. The second-order valence-corrected chi connectivity index (χ2v) is 11.5. The van der Waals surface area contributed by atoms with E-state index in [1.807, 2.05) is 6.07 Å². The number of likely N-dealkylation sites (tertiary alicyclic amines) is 1. The number of hydrogen-bond acceptors (Lipinski definition) is 3. The van der Waals surface area contributed by atoms with E-state index in [1.54, 1.807) is 12.1 Å². The molecule has 1 aromatic carbocycles. The predicted octanol–water partition coefficient (Wildman–Crippen LogP) is 4.82. The highest BCUT2D eigenvalue weighted by molar-refractivity contribution is 5.76. The lowest BCUT2D eigenvalue weighted by Crippen LogP contribution is -2.64. The van der Waals surface area contributed by atoms with E-state index >= 15 is 0 Å². The molecule has 5 atom stereocenters. The summed E-state index contributed by atoms with van der Waals surface area (Å²) >= 11 is 0. The van der Waals surface area contributed by atoms with E-state index in [4.69, 9.17) is 4.98 Å². The minimum atomic E-state index is -0.185. The highest BCUT2D eigenvalue weighted by atomic mass is 19.1. The van der Waals surface area contributed by atoms with Crippen molar-refractivity contribution in [2.75, 3.05) is 32.7 Å². The van der Waals surface area contributed by atoms with Gasteiger partial charge in [0.15, 0.2) is 0 Å². The Morgan fingerprint density at radius 2 is 2.00 bits per heavy atom. The van der Waals surface area contributed by atoms with Crippen LogP contribution >= 0.6 is 0 Å². The Labute approximate surface area is 185 Å². The molecule has 31 heavy (non-hydrogen) atoms. The number of hydrogen-bond donors (Lipinski definition) is 1. The predicted molar refractivity (Wildman–Crippen MR) is 123 cm³/mol. The summed E-state index contributed by atoms with van der Waals surface area (Å²) in [4.78, 5) is 7.67. The van der Waals surface area contributed by atoms with Gasteiger partial charge < -0.3 is 14.8 Å². The minimum Gasteiger partial charge on any atom is -0.324 e. The van der Waals surface area contributed by atoms with Crippen LogP contribution in [-0.2, 0) is 0 Å². The zero-order valence-electron chi connectivity index (χ0n) is 19.3. The van der Waals surface area contributed by atoms with Crippen molar-refractivity contribution >= 4 is 11.0 Å². The first kappa shape index (κ1) is 20.2. The molecule has 2 aliphatic carbocycles. The Balaban J connectivity index is 1.17. The first-order chi connectivity index (χ1) is 14.9. The summed E-state index contributed by atoms with van der Waals surface area (Å²) < 4.78 is 16.4. The average Bonchev–Trinajstić information content (AvgIpc) is 3.38. The van der Waals surface area contributed by atoms with E-state index in [0.717, 1.165) is 54.2 Å². The van der Waals surface area contributed by atoms with Crippen molar-refractivity contribution in [3.8, 4) is 0 Å². The maximum atomic E-state index is 13.9. The van der Waals surface area contributed by atoms with Gasteiger partial charge in [0.05, 0.1) is 11.0 Å². The van der Waals surface area contributed by atoms with Crippen LogP contribution in [0.3, 0.4) is 0 Å². The summed E-state index contributed by atoms with van der Waals surface area (Å²) in [5.41, 5.74) is 2.49. The number of fused-ring (bicyclic) bond motifs is 2. The van der Waals surface area contributed by atoms with Crippen molar-refractivity contribution in [2.24, 2.45) is 29.1 Å². The molecule has 168 valence electrons. The number of nitrogens with zero attached hydrogens (tertiary/aromatic N) is 3. The smallest absolute Gasteiger partial charge is 0.125 e. The van der Waals surface area contributed by atoms with Gasteiger partial charge >= 0.3 is 0 Å². The molecule has 4 nitrogen and oxygen atoms in total. The summed E-state index contributed by atoms with van der Waals surface area (Å²) in [7, 11) is 0. The summed E-state index contributed by atoms with van der Waals surface area (Å²) in [5, 5.41) is 3.49. The second kappa shape index (κ2) is 7.28. The molecule has 0 amide bonds. The van der Waals surface area contributed by atoms with Crippen molar-refractivity contribution in [3.63, 3.8) is 0 Å². The van der Waals surface area contributed by atoms with Crippen LogP contribution in [0.1, 0.15) is 64.2 Å². The third-order valence-electron chi connectivity index (χ3n) is 9.74. The number of aromatic nitrogens is 2. The summed E-state index contributed by atoms with van der Waals surface area (Å²) in [5.74, 6) is 5.20. The summed E-state index contributed by atoms with van der Waals surface area (Å²) in [6.45, 7) is 13.1. The van der Waals surface area contributed by atoms with E-state index in [9.17, 15) is 4.39 Å². The quantitative estimate of drug-likeness (QED) is 0.764. The molecule has 0 radical (unpaired) electrons. The lowest BCUT2D eigenvalue weighted by atomic mass is 9.37. The highest BCUT2D eigenvalue weighted by Gasteiger charge is 2.62. The number of nitrogens with one attached hydrogen (secondary N) is 1. The molecule has 1 unspecified atom stereocenters. The SMILES string of the molecule is C[C@@H]1C2C[C@@H](CN3CCC(n4c([C@@H]5CCNC5)nc5cc(F)ccc54)CC3)[C@H]2C1(C)C. The first-order valence-electron chi connectivity index (χ1n) is 12.5. The third-order valence-corrected chi connectivity index (χ3v) is 9.74. The summed E-state index contributed by atoms with van der Waals surface area (Å²) in [6, 6.07) is 5.64. The number of imidazole rings is 1. The Hall–Kier alpha value is -1.46. The first-order valence-corrected chi connectivity index (χ1v) is 12.5. The van der Waals surface area contributed by atoms with Crippen LogP contribution < -0.4 is 5.32 Å². The number of benzene rings is 1.